The summed E-state index contributed by atoms with van der Waals surface area (Å²) in [5.41, 5.74) is 0.486. The van der Waals surface area contributed by atoms with Gasteiger partial charge in [-0.1, -0.05) is 23.7 Å². The van der Waals surface area contributed by atoms with Crippen molar-refractivity contribution >= 4 is 29.2 Å². The lowest BCUT2D eigenvalue weighted by atomic mass is 10.2. The van der Waals surface area contributed by atoms with Gasteiger partial charge < -0.3 is 4.90 Å². The van der Waals surface area contributed by atoms with Crippen molar-refractivity contribution in [1.29, 1.82) is 0 Å². The summed E-state index contributed by atoms with van der Waals surface area (Å²) in [6.07, 6.45) is 2.44. The fraction of sp³-hybridized carbons (Fsp3) is 0.385. The summed E-state index contributed by atoms with van der Waals surface area (Å²) in [6.45, 7) is 0.531. The lowest BCUT2D eigenvalue weighted by Gasteiger charge is -2.34. The average Bonchev–Trinajstić information content (AvgIpc) is 3.16. The Morgan fingerprint density at radius 3 is 2.56 bits per heavy atom. The number of rotatable bonds is 2. The molecule has 0 unspecified atom stereocenters. The van der Waals surface area contributed by atoms with Gasteiger partial charge in [0.25, 0.3) is 0 Å². The lowest BCUT2D eigenvalue weighted by Crippen LogP contribution is -2.53. The molecule has 3 rings (SSSR count). The Balaban J connectivity index is 1.95. The van der Waals surface area contributed by atoms with E-state index in [1.54, 1.807) is 29.2 Å². The van der Waals surface area contributed by atoms with Crippen molar-refractivity contribution in [2.75, 3.05) is 11.4 Å². The van der Waals surface area contributed by atoms with E-state index >= 15 is 0 Å². The summed E-state index contributed by atoms with van der Waals surface area (Å²) < 4.78 is 0. The van der Waals surface area contributed by atoms with Gasteiger partial charge in [-0.15, -0.1) is 0 Å². The maximum absolute atomic E-state index is 12.3. The first-order chi connectivity index (χ1) is 8.68. The van der Waals surface area contributed by atoms with E-state index in [0.29, 0.717) is 29.7 Å². The molecule has 0 spiro atoms. The molecule has 1 saturated heterocycles. The molecule has 1 heterocycles. The number of hydrogen-bond donors (Lipinski definition) is 0. The molecular weight excluding hydrogens is 252 g/mol. The van der Waals surface area contributed by atoms with Crippen LogP contribution in [0.1, 0.15) is 19.3 Å². The minimum atomic E-state index is -0.234. The Labute approximate surface area is 110 Å². The van der Waals surface area contributed by atoms with E-state index in [1.165, 1.54) is 4.90 Å². The SMILES string of the molecule is O=C1CCN(C2CC2)C(=O)N1c1ccccc1Cl. The molecular formula is C13H13ClN2O2. The second-order valence-corrected chi connectivity index (χ2v) is 5.04. The highest BCUT2D eigenvalue weighted by Gasteiger charge is 2.41. The number of amides is 3. The van der Waals surface area contributed by atoms with E-state index in [2.05, 4.69) is 0 Å². The second kappa shape index (κ2) is 4.28. The molecule has 2 aliphatic rings. The fourth-order valence-corrected chi connectivity index (χ4v) is 2.47. The maximum atomic E-state index is 12.3. The normalized spacial score (nSPS) is 20.5. The number of nitrogens with zero attached hydrogens (tertiary/aromatic N) is 2. The third-order valence-corrected chi connectivity index (χ3v) is 3.65. The standard InChI is InChI=1S/C13H13ClN2O2/c14-10-3-1-2-4-11(10)16-12(17)7-8-15(13(16)18)9-5-6-9/h1-4,9H,5-8H2. The van der Waals surface area contributed by atoms with Gasteiger partial charge in [0.1, 0.15) is 0 Å². The van der Waals surface area contributed by atoms with Crippen LogP contribution in [0.25, 0.3) is 0 Å². The number of hydrogen-bond acceptors (Lipinski definition) is 2. The number of halogens is 1. The Hall–Kier alpha value is -1.55. The molecule has 94 valence electrons. The third-order valence-electron chi connectivity index (χ3n) is 3.33. The van der Waals surface area contributed by atoms with Crippen molar-refractivity contribution in [3.63, 3.8) is 0 Å². The third kappa shape index (κ3) is 1.86. The molecule has 0 aromatic heterocycles. The van der Waals surface area contributed by atoms with Gasteiger partial charge in [0.2, 0.25) is 5.91 Å². The van der Waals surface area contributed by atoms with Gasteiger partial charge >= 0.3 is 6.03 Å². The van der Waals surface area contributed by atoms with Gasteiger partial charge in [-0.05, 0) is 25.0 Å². The topological polar surface area (TPSA) is 40.6 Å². The molecule has 1 aliphatic heterocycles. The number of carbonyl (C=O) groups excluding carboxylic acids is 2. The van der Waals surface area contributed by atoms with E-state index in [0.717, 1.165) is 12.8 Å². The molecule has 3 amide bonds. The van der Waals surface area contributed by atoms with Crippen molar-refractivity contribution in [2.24, 2.45) is 0 Å². The lowest BCUT2D eigenvalue weighted by molar-refractivity contribution is -0.119. The van der Waals surface area contributed by atoms with Gasteiger partial charge in [-0.25, -0.2) is 9.69 Å². The highest BCUT2D eigenvalue weighted by molar-refractivity contribution is 6.35. The van der Waals surface area contributed by atoms with Crippen molar-refractivity contribution in [2.45, 2.75) is 25.3 Å². The first kappa shape index (κ1) is 11.5. The van der Waals surface area contributed by atoms with Crippen LogP contribution in [0, 0.1) is 0 Å². The zero-order valence-corrected chi connectivity index (χ0v) is 10.6. The highest BCUT2D eigenvalue weighted by atomic mass is 35.5. The van der Waals surface area contributed by atoms with E-state index in [4.69, 9.17) is 11.6 Å². The van der Waals surface area contributed by atoms with Gasteiger partial charge in [-0.2, -0.15) is 0 Å². The molecule has 1 aromatic rings. The fourth-order valence-electron chi connectivity index (χ4n) is 2.25. The molecule has 1 aromatic carbocycles. The summed E-state index contributed by atoms with van der Waals surface area (Å²) in [5, 5.41) is 0.428. The molecule has 4 nitrogen and oxygen atoms in total. The first-order valence-corrected chi connectivity index (χ1v) is 6.44. The Bertz CT molecular complexity index is 513. The molecule has 5 heteroatoms. The summed E-state index contributed by atoms with van der Waals surface area (Å²) in [6, 6.07) is 7.03. The molecule has 0 radical (unpaired) electrons. The molecule has 1 aliphatic carbocycles. The van der Waals surface area contributed by atoms with Crippen LogP contribution in [0.15, 0.2) is 24.3 Å². The summed E-state index contributed by atoms with van der Waals surface area (Å²) >= 11 is 6.07. The number of imide groups is 1. The van der Waals surface area contributed by atoms with Gasteiger partial charge in [0.05, 0.1) is 10.7 Å². The van der Waals surface area contributed by atoms with Crippen LogP contribution in [0.2, 0.25) is 5.02 Å². The minimum absolute atomic E-state index is 0.176. The number of para-hydroxylation sites is 1. The van der Waals surface area contributed by atoms with Gasteiger partial charge in [-0.3, -0.25) is 4.79 Å². The summed E-state index contributed by atoms with van der Waals surface area (Å²) in [4.78, 5) is 27.3. The second-order valence-electron chi connectivity index (χ2n) is 4.64. The van der Waals surface area contributed by atoms with Crippen LogP contribution >= 0.6 is 11.6 Å². The Kier molecular flexibility index (Phi) is 2.74. The van der Waals surface area contributed by atoms with E-state index in [9.17, 15) is 9.59 Å². The molecule has 0 bridgehead atoms. The maximum Gasteiger partial charge on any atom is 0.331 e. The average molecular weight is 265 g/mol. The summed E-state index contributed by atoms with van der Waals surface area (Å²) in [7, 11) is 0. The zero-order valence-electron chi connectivity index (χ0n) is 9.80. The van der Waals surface area contributed by atoms with E-state index in [1.807, 2.05) is 0 Å². The van der Waals surface area contributed by atoms with Crippen LogP contribution in [0.3, 0.4) is 0 Å². The van der Waals surface area contributed by atoms with Crippen molar-refractivity contribution in [3.05, 3.63) is 29.3 Å². The largest absolute Gasteiger partial charge is 0.331 e. The van der Waals surface area contributed by atoms with Crippen molar-refractivity contribution in [3.8, 4) is 0 Å². The molecule has 2 fully saturated rings. The van der Waals surface area contributed by atoms with Crippen molar-refractivity contribution < 1.29 is 9.59 Å². The highest BCUT2D eigenvalue weighted by Crippen LogP contribution is 2.33. The molecule has 0 atom stereocenters. The first-order valence-electron chi connectivity index (χ1n) is 6.06. The monoisotopic (exact) mass is 264 g/mol. The van der Waals surface area contributed by atoms with E-state index < -0.39 is 0 Å². The van der Waals surface area contributed by atoms with Crippen LogP contribution in [-0.4, -0.2) is 29.4 Å². The summed E-state index contributed by atoms with van der Waals surface area (Å²) in [5.74, 6) is -0.176. The number of anilines is 1. The zero-order chi connectivity index (χ0) is 12.7. The Morgan fingerprint density at radius 1 is 1.17 bits per heavy atom. The Morgan fingerprint density at radius 2 is 1.89 bits per heavy atom. The molecule has 18 heavy (non-hydrogen) atoms. The quantitative estimate of drug-likeness (QED) is 0.824. The van der Waals surface area contributed by atoms with Crippen LogP contribution in [0.4, 0.5) is 10.5 Å². The number of carbonyl (C=O) groups is 2. The molecule has 1 saturated carbocycles. The van der Waals surface area contributed by atoms with Crippen molar-refractivity contribution in [1.82, 2.24) is 4.90 Å². The smallest absolute Gasteiger partial charge is 0.320 e. The van der Waals surface area contributed by atoms with Crippen LogP contribution in [-0.2, 0) is 4.79 Å². The minimum Gasteiger partial charge on any atom is -0.320 e. The van der Waals surface area contributed by atoms with Gasteiger partial charge in [0.15, 0.2) is 0 Å². The van der Waals surface area contributed by atoms with E-state index in [-0.39, 0.29) is 11.9 Å². The van der Waals surface area contributed by atoms with Crippen LogP contribution in [0.5, 0.6) is 0 Å². The predicted octanol–water partition coefficient (Wildman–Crippen LogP) is 2.66. The van der Waals surface area contributed by atoms with Crippen LogP contribution < -0.4 is 4.90 Å². The predicted molar refractivity (Wildman–Crippen MR) is 68.7 cm³/mol. The molecule has 0 N–H and O–H groups in total. The number of urea groups is 1. The number of benzene rings is 1. The van der Waals surface area contributed by atoms with Gasteiger partial charge in [0, 0.05) is 19.0 Å².